The van der Waals surface area contributed by atoms with Crippen LogP contribution >= 0.6 is 27.3 Å². The zero-order valence-corrected chi connectivity index (χ0v) is 17.2. The third kappa shape index (κ3) is 5.21. The van der Waals surface area contributed by atoms with E-state index in [9.17, 15) is 4.79 Å². The van der Waals surface area contributed by atoms with Crippen LogP contribution < -0.4 is 14.8 Å². The van der Waals surface area contributed by atoms with Gasteiger partial charge in [0.05, 0.1) is 27.0 Å². The van der Waals surface area contributed by atoms with Crippen molar-refractivity contribution in [3.63, 3.8) is 0 Å². The monoisotopic (exact) mass is 447 g/mol. The van der Waals surface area contributed by atoms with Gasteiger partial charge in [0, 0.05) is 32.9 Å². The lowest BCUT2D eigenvalue weighted by Gasteiger charge is -2.07. The molecule has 1 amide bonds. The van der Waals surface area contributed by atoms with Gasteiger partial charge in [-0.1, -0.05) is 0 Å². The summed E-state index contributed by atoms with van der Waals surface area (Å²) in [5.41, 5.74) is 0.804. The molecule has 1 N–H and O–H groups in total. The van der Waals surface area contributed by atoms with Crippen LogP contribution in [-0.4, -0.2) is 29.9 Å². The van der Waals surface area contributed by atoms with Crippen molar-refractivity contribution < 1.29 is 14.3 Å². The van der Waals surface area contributed by atoms with Gasteiger partial charge in [0.25, 0.3) is 0 Å². The molecular weight excluding hydrogens is 430 g/mol. The lowest BCUT2D eigenvalue weighted by molar-refractivity contribution is -0.111. The molecule has 0 saturated heterocycles. The Morgan fingerprint density at radius 1 is 1.26 bits per heavy atom. The third-order valence-electron chi connectivity index (χ3n) is 3.70. The minimum Gasteiger partial charge on any atom is -0.497 e. The van der Waals surface area contributed by atoms with Crippen molar-refractivity contribution in [3.05, 3.63) is 62.9 Å². The number of anilines is 1. The van der Waals surface area contributed by atoms with E-state index in [1.54, 1.807) is 54.6 Å². The van der Waals surface area contributed by atoms with Crippen molar-refractivity contribution in [2.45, 2.75) is 6.54 Å². The fraction of sp³-hybridized carbons (Fsp3) is 0.158. The van der Waals surface area contributed by atoms with Crippen LogP contribution in [0.15, 0.2) is 52.5 Å². The summed E-state index contributed by atoms with van der Waals surface area (Å²) in [6.07, 6.45) is 4.83. The van der Waals surface area contributed by atoms with Gasteiger partial charge in [0.2, 0.25) is 5.91 Å². The van der Waals surface area contributed by atoms with Crippen LogP contribution in [0.2, 0.25) is 0 Å². The molecule has 0 spiro atoms. The largest absolute Gasteiger partial charge is 0.497 e. The number of hydrogen-bond acceptors (Lipinski definition) is 5. The van der Waals surface area contributed by atoms with Crippen LogP contribution in [0, 0.1) is 0 Å². The maximum Gasteiger partial charge on any atom is 0.249 e. The van der Waals surface area contributed by atoms with E-state index in [0.29, 0.717) is 23.9 Å². The second-order valence-electron chi connectivity index (χ2n) is 5.57. The van der Waals surface area contributed by atoms with E-state index in [1.165, 1.54) is 6.08 Å². The van der Waals surface area contributed by atoms with Gasteiger partial charge >= 0.3 is 0 Å². The maximum absolute atomic E-state index is 12.3. The molecule has 27 heavy (non-hydrogen) atoms. The number of benzene rings is 1. The first-order chi connectivity index (χ1) is 13.1. The van der Waals surface area contributed by atoms with Gasteiger partial charge in [-0.15, -0.1) is 11.3 Å². The second-order valence-corrected chi connectivity index (χ2v) is 7.49. The molecule has 2 heterocycles. The summed E-state index contributed by atoms with van der Waals surface area (Å²) < 4.78 is 13.3. The number of amides is 1. The van der Waals surface area contributed by atoms with Crippen LogP contribution in [0.1, 0.15) is 10.4 Å². The van der Waals surface area contributed by atoms with Gasteiger partial charge in [-0.2, -0.15) is 5.10 Å². The number of carbonyl (C=O) groups is 1. The summed E-state index contributed by atoms with van der Waals surface area (Å²) in [6, 6.07) is 9.23. The molecule has 0 radical (unpaired) electrons. The van der Waals surface area contributed by atoms with Gasteiger partial charge < -0.3 is 14.8 Å². The Morgan fingerprint density at radius 3 is 2.63 bits per heavy atom. The molecule has 1 aromatic carbocycles. The number of rotatable bonds is 7. The molecule has 0 atom stereocenters. The van der Waals surface area contributed by atoms with Gasteiger partial charge in [-0.3, -0.25) is 4.79 Å². The zero-order chi connectivity index (χ0) is 19.2. The Balaban J connectivity index is 1.68. The highest BCUT2D eigenvalue weighted by Gasteiger charge is 2.07. The smallest absolute Gasteiger partial charge is 0.249 e. The predicted octanol–water partition coefficient (Wildman–Crippen LogP) is 4.42. The highest BCUT2D eigenvalue weighted by molar-refractivity contribution is 9.10. The van der Waals surface area contributed by atoms with Crippen molar-refractivity contribution in [1.82, 2.24) is 9.78 Å². The lowest BCUT2D eigenvalue weighted by atomic mass is 10.2. The number of nitrogens with zero attached hydrogens (tertiary/aromatic N) is 2. The Labute approximate surface area is 169 Å². The number of carbonyl (C=O) groups excluding carboxylic acids is 1. The van der Waals surface area contributed by atoms with Crippen molar-refractivity contribution in [1.29, 1.82) is 0 Å². The predicted molar refractivity (Wildman–Crippen MR) is 111 cm³/mol. The normalized spacial score (nSPS) is 10.9. The average molecular weight is 448 g/mol. The van der Waals surface area contributed by atoms with Crippen molar-refractivity contribution in [2.75, 3.05) is 19.5 Å². The molecular formula is C19H18BrN3O3S. The van der Waals surface area contributed by atoms with E-state index in [1.807, 2.05) is 23.6 Å². The molecule has 0 saturated carbocycles. The fourth-order valence-corrected chi connectivity index (χ4v) is 3.85. The van der Waals surface area contributed by atoms with Crippen LogP contribution in [0.5, 0.6) is 11.5 Å². The summed E-state index contributed by atoms with van der Waals surface area (Å²) in [4.78, 5) is 13.4. The fourth-order valence-electron chi connectivity index (χ4n) is 2.41. The summed E-state index contributed by atoms with van der Waals surface area (Å²) in [5.74, 6) is 1.72. The minimum atomic E-state index is -0.245. The van der Waals surface area contributed by atoms with E-state index < -0.39 is 0 Å². The van der Waals surface area contributed by atoms with E-state index in [0.717, 1.165) is 14.9 Å². The van der Waals surface area contributed by atoms with Crippen LogP contribution in [0.4, 0.5) is 5.82 Å². The standard InChI is InChI=1S/C19H18BrN3O3S/c1-25-15-7-13(8-16(10-15)26-2)3-4-19(24)22-18-5-6-21-23(18)11-17-9-14(20)12-27-17/h3-10,12H,11H2,1-2H3,(H,22,24)/b4-3+. The van der Waals surface area contributed by atoms with Gasteiger partial charge in [0.15, 0.2) is 0 Å². The van der Waals surface area contributed by atoms with Gasteiger partial charge in [-0.25, -0.2) is 4.68 Å². The highest BCUT2D eigenvalue weighted by atomic mass is 79.9. The molecule has 0 unspecified atom stereocenters. The van der Waals surface area contributed by atoms with Gasteiger partial charge in [0.1, 0.15) is 17.3 Å². The third-order valence-corrected chi connectivity index (χ3v) is 5.38. The second kappa shape index (κ2) is 8.88. The van der Waals surface area contributed by atoms with E-state index in [-0.39, 0.29) is 5.91 Å². The number of nitrogens with one attached hydrogen (secondary N) is 1. The van der Waals surface area contributed by atoms with E-state index in [2.05, 4.69) is 26.3 Å². The summed E-state index contributed by atoms with van der Waals surface area (Å²) in [5, 5.41) is 9.14. The first kappa shape index (κ1) is 19.2. The molecule has 0 aliphatic heterocycles. The number of methoxy groups -OCH3 is 2. The molecule has 6 nitrogen and oxygen atoms in total. The Kier molecular flexibility index (Phi) is 6.31. The number of halogens is 1. The summed E-state index contributed by atoms with van der Waals surface area (Å²) in [7, 11) is 3.17. The van der Waals surface area contributed by atoms with Crippen LogP contribution in [0.25, 0.3) is 6.08 Å². The van der Waals surface area contributed by atoms with Crippen molar-refractivity contribution in [2.24, 2.45) is 0 Å². The molecule has 2 aromatic heterocycles. The quantitative estimate of drug-likeness (QED) is 0.544. The molecule has 0 bridgehead atoms. The minimum absolute atomic E-state index is 0.245. The molecule has 3 aromatic rings. The number of thiophene rings is 1. The summed E-state index contributed by atoms with van der Waals surface area (Å²) in [6.45, 7) is 0.593. The Hall–Kier alpha value is -2.58. The molecule has 8 heteroatoms. The van der Waals surface area contributed by atoms with Gasteiger partial charge in [-0.05, 0) is 45.8 Å². The van der Waals surface area contributed by atoms with E-state index in [4.69, 9.17) is 9.47 Å². The molecule has 3 rings (SSSR count). The topological polar surface area (TPSA) is 65.4 Å². The Morgan fingerprint density at radius 2 is 2.00 bits per heavy atom. The zero-order valence-electron chi connectivity index (χ0n) is 14.8. The number of aromatic nitrogens is 2. The van der Waals surface area contributed by atoms with Crippen molar-refractivity contribution >= 4 is 45.1 Å². The number of ether oxygens (including phenoxy) is 2. The average Bonchev–Trinajstić information content (AvgIpc) is 3.28. The number of hydrogen-bond donors (Lipinski definition) is 1. The first-order valence-electron chi connectivity index (χ1n) is 8.04. The highest BCUT2D eigenvalue weighted by Crippen LogP contribution is 2.24. The molecule has 0 aliphatic rings. The lowest BCUT2D eigenvalue weighted by Crippen LogP contribution is -2.13. The Bertz CT molecular complexity index is 943. The van der Waals surface area contributed by atoms with Crippen LogP contribution in [0.3, 0.4) is 0 Å². The molecule has 0 fully saturated rings. The summed E-state index contributed by atoms with van der Waals surface area (Å²) >= 11 is 5.07. The van der Waals surface area contributed by atoms with E-state index >= 15 is 0 Å². The maximum atomic E-state index is 12.3. The first-order valence-corrected chi connectivity index (χ1v) is 9.71. The van der Waals surface area contributed by atoms with Crippen LogP contribution in [-0.2, 0) is 11.3 Å². The SMILES string of the molecule is COc1cc(/C=C/C(=O)Nc2ccnn2Cc2cc(Br)cs2)cc(OC)c1. The molecule has 0 aliphatic carbocycles. The molecule has 140 valence electrons. The van der Waals surface area contributed by atoms with Crippen molar-refractivity contribution in [3.8, 4) is 11.5 Å².